The second kappa shape index (κ2) is 15.3. The van der Waals surface area contributed by atoms with Gasteiger partial charge in [0.05, 0.1) is 37.9 Å². The lowest BCUT2D eigenvalue weighted by atomic mass is 9.72. The molecule has 250 valence electrons. The summed E-state index contributed by atoms with van der Waals surface area (Å²) in [5.41, 5.74) is 3.80. The van der Waals surface area contributed by atoms with Gasteiger partial charge in [-0.2, -0.15) is 0 Å². The minimum absolute atomic E-state index is 0.0263. The summed E-state index contributed by atoms with van der Waals surface area (Å²) in [6, 6.07) is 9.71. The summed E-state index contributed by atoms with van der Waals surface area (Å²) in [5, 5.41) is 30.5. The van der Waals surface area contributed by atoms with Gasteiger partial charge < -0.3 is 34.6 Å². The van der Waals surface area contributed by atoms with Crippen molar-refractivity contribution in [2.24, 2.45) is 5.41 Å². The largest absolute Gasteiger partial charge is 0.493 e. The minimum atomic E-state index is -1.47. The van der Waals surface area contributed by atoms with E-state index in [0.29, 0.717) is 36.2 Å². The molecule has 3 aromatic rings. The molecule has 10 nitrogen and oxygen atoms in total. The predicted octanol–water partition coefficient (Wildman–Crippen LogP) is 4.70. The first kappa shape index (κ1) is 35.9. The van der Waals surface area contributed by atoms with E-state index in [0.717, 1.165) is 28.0 Å². The molecule has 0 radical (unpaired) electrons. The van der Waals surface area contributed by atoms with Gasteiger partial charge in [-0.3, -0.25) is 4.79 Å². The summed E-state index contributed by atoms with van der Waals surface area (Å²) in [6.45, 7) is 11.2. The average Bonchev–Trinajstić information content (AvgIpc) is 3.38. The van der Waals surface area contributed by atoms with Crippen LogP contribution < -0.4 is 14.4 Å². The fourth-order valence-electron chi connectivity index (χ4n) is 5.88. The van der Waals surface area contributed by atoms with Crippen molar-refractivity contribution in [1.82, 2.24) is 14.9 Å². The van der Waals surface area contributed by atoms with Gasteiger partial charge in [0, 0.05) is 36.8 Å². The normalized spacial score (nSPS) is 20.8. The number of hydrogen-bond acceptors (Lipinski definition) is 9. The van der Waals surface area contributed by atoms with Gasteiger partial charge in [0.25, 0.3) is 5.91 Å². The Bertz CT molecular complexity index is 1520. The van der Waals surface area contributed by atoms with Crippen LogP contribution in [0.15, 0.2) is 47.3 Å². The molecular weight excluding hydrogens is 676 g/mol. The quantitative estimate of drug-likeness (QED) is 0.270. The van der Waals surface area contributed by atoms with Crippen LogP contribution in [0.2, 0.25) is 5.02 Å². The molecule has 2 aliphatic heterocycles. The lowest BCUT2D eigenvalue weighted by Crippen LogP contribution is -2.54. The van der Waals surface area contributed by atoms with Gasteiger partial charge in [-0.25, -0.2) is 9.97 Å². The number of aliphatic hydroxyl groups is 3. The van der Waals surface area contributed by atoms with Crippen LogP contribution in [0.1, 0.15) is 48.9 Å². The Labute approximate surface area is 284 Å². The van der Waals surface area contributed by atoms with Crippen molar-refractivity contribution in [3.8, 4) is 11.5 Å². The summed E-state index contributed by atoms with van der Waals surface area (Å²) in [7, 11) is 1.60. The lowest BCUT2D eigenvalue weighted by Gasteiger charge is -2.40. The van der Waals surface area contributed by atoms with Gasteiger partial charge in [0.15, 0.2) is 17.6 Å². The van der Waals surface area contributed by atoms with Gasteiger partial charge in [0.2, 0.25) is 0 Å². The number of benzene rings is 1. The third kappa shape index (κ3) is 7.94. The number of likely N-dealkylation sites (tertiary alicyclic amines) is 1. The second-order valence-corrected chi connectivity index (χ2v) is 13.5. The summed E-state index contributed by atoms with van der Waals surface area (Å²) in [4.78, 5) is 24.8. The topological polar surface area (TPSA) is 128 Å². The SMILES string of the molecule is CCc1cnc(N2CC(Oc3cc([C@@H]4CN(C(=O)[C@@H](O)CO)C[C@@]4(C)[C@@H](C)O)ccc3OC)C2)cc1C.Cc1cc(Br)ncc1Cl. The number of ether oxygens (including phenoxy) is 2. The number of halogens is 2. The molecule has 1 aromatic carbocycles. The van der Waals surface area contributed by atoms with Crippen molar-refractivity contribution < 1.29 is 29.6 Å². The molecule has 0 spiro atoms. The molecule has 5 rings (SSSR count). The summed E-state index contributed by atoms with van der Waals surface area (Å²) in [5.74, 6) is 1.45. The zero-order valence-electron chi connectivity index (χ0n) is 27.2. The highest BCUT2D eigenvalue weighted by atomic mass is 79.9. The first-order valence-corrected chi connectivity index (χ1v) is 16.6. The molecule has 0 bridgehead atoms. The van der Waals surface area contributed by atoms with Crippen LogP contribution in [0.5, 0.6) is 11.5 Å². The molecule has 2 aromatic heterocycles. The Kier molecular flexibility index (Phi) is 11.9. The molecule has 4 atom stereocenters. The van der Waals surface area contributed by atoms with Gasteiger partial charge >= 0.3 is 0 Å². The summed E-state index contributed by atoms with van der Waals surface area (Å²) < 4.78 is 12.7. The van der Waals surface area contributed by atoms with Crippen LogP contribution in [0.25, 0.3) is 0 Å². The first-order valence-electron chi connectivity index (χ1n) is 15.4. The van der Waals surface area contributed by atoms with Crippen LogP contribution >= 0.6 is 27.5 Å². The number of nitrogens with zero attached hydrogens (tertiary/aromatic N) is 4. The number of aromatic nitrogens is 2. The third-order valence-electron chi connectivity index (χ3n) is 9.11. The van der Waals surface area contributed by atoms with E-state index in [1.54, 1.807) is 20.2 Å². The van der Waals surface area contributed by atoms with Crippen molar-refractivity contribution in [3.05, 3.63) is 74.6 Å². The average molecular weight is 720 g/mol. The number of amides is 1. The minimum Gasteiger partial charge on any atom is -0.493 e. The number of aryl methyl sites for hydroxylation is 3. The van der Waals surface area contributed by atoms with E-state index < -0.39 is 30.1 Å². The Morgan fingerprint density at radius 3 is 2.39 bits per heavy atom. The van der Waals surface area contributed by atoms with Crippen molar-refractivity contribution in [1.29, 1.82) is 0 Å². The highest BCUT2D eigenvalue weighted by Gasteiger charge is 2.49. The maximum absolute atomic E-state index is 12.6. The zero-order chi connectivity index (χ0) is 33.8. The maximum Gasteiger partial charge on any atom is 0.253 e. The molecule has 2 saturated heterocycles. The third-order valence-corrected chi connectivity index (χ3v) is 9.94. The first-order chi connectivity index (χ1) is 21.8. The van der Waals surface area contributed by atoms with Crippen LogP contribution in [0, 0.1) is 19.3 Å². The standard InChI is InChI=1S/C28H39N3O6.C6H5BrClN/c1-6-19-11-29-26(9-17(19)2)30-12-21(13-30)37-25-10-20(7-8-24(25)36-5)22-14-31(27(35)23(34)15-32)16-28(22,4)18(3)33;1-4-2-6(7)9-3-5(4)8/h7-11,18,21-23,32-34H,6,12-16H2,1-5H3;2-3H,1H3/t18-,22+,23+,28+;/m1./s1. The van der Waals surface area contributed by atoms with E-state index in [1.807, 2.05) is 44.3 Å². The molecule has 4 heterocycles. The fraction of sp³-hybridized carbons (Fsp3) is 0.500. The predicted molar refractivity (Wildman–Crippen MR) is 182 cm³/mol. The lowest BCUT2D eigenvalue weighted by molar-refractivity contribution is -0.141. The fourth-order valence-corrected chi connectivity index (χ4v) is 6.43. The number of carbonyl (C=O) groups excluding carboxylic acids is 1. The molecule has 46 heavy (non-hydrogen) atoms. The molecule has 2 aliphatic rings. The van der Waals surface area contributed by atoms with E-state index in [9.17, 15) is 20.1 Å². The van der Waals surface area contributed by atoms with Gasteiger partial charge in [-0.15, -0.1) is 0 Å². The van der Waals surface area contributed by atoms with Gasteiger partial charge in [-0.05, 0) is 89.6 Å². The number of carbonyl (C=O) groups is 1. The van der Waals surface area contributed by atoms with Crippen LogP contribution in [0.3, 0.4) is 0 Å². The molecule has 1 amide bonds. The van der Waals surface area contributed by atoms with E-state index >= 15 is 0 Å². The van der Waals surface area contributed by atoms with E-state index in [-0.39, 0.29) is 18.6 Å². The Hall–Kier alpha value is -2.96. The smallest absolute Gasteiger partial charge is 0.253 e. The number of anilines is 1. The highest BCUT2D eigenvalue weighted by Crippen LogP contribution is 2.47. The van der Waals surface area contributed by atoms with Crippen LogP contribution in [-0.2, 0) is 11.2 Å². The van der Waals surface area contributed by atoms with Crippen molar-refractivity contribution in [2.45, 2.75) is 65.3 Å². The molecule has 12 heteroatoms. The van der Waals surface area contributed by atoms with E-state index in [2.05, 4.69) is 50.7 Å². The molecule has 0 aliphatic carbocycles. The van der Waals surface area contributed by atoms with E-state index in [1.165, 1.54) is 16.0 Å². The maximum atomic E-state index is 12.6. The molecule has 0 saturated carbocycles. The van der Waals surface area contributed by atoms with Gasteiger partial charge in [-0.1, -0.05) is 31.5 Å². The number of pyridine rings is 2. The van der Waals surface area contributed by atoms with Crippen molar-refractivity contribution in [2.75, 3.05) is 44.8 Å². The molecule has 0 unspecified atom stereocenters. The van der Waals surface area contributed by atoms with Gasteiger partial charge in [0.1, 0.15) is 16.5 Å². The molecule has 3 N–H and O–H groups in total. The number of methoxy groups -OCH3 is 1. The van der Waals surface area contributed by atoms with Crippen LogP contribution in [-0.4, -0.2) is 94.3 Å². The number of rotatable bonds is 9. The molecule has 2 fully saturated rings. The van der Waals surface area contributed by atoms with E-state index in [4.69, 9.17) is 21.1 Å². The Morgan fingerprint density at radius 2 is 1.83 bits per heavy atom. The second-order valence-electron chi connectivity index (χ2n) is 12.3. The van der Waals surface area contributed by atoms with Crippen molar-refractivity contribution in [3.63, 3.8) is 0 Å². The summed E-state index contributed by atoms with van der Waals surface area (Å²) in [6.07, 6.45) is 2.33. The summed E-state index contributed by atoms with van der Waals surface area (Å²) >= 11 is 8.92. The Morgan fingerprint density at radius 1 is 1.11 bits per heavy atom. The van der Waals surface area contributed by atoms with Crippen LogP contribution in [0.4, 0.5) is 5.82 Å². The van der Waals surface area contributed by atoms with Crippen molar-refractivity contribution >= 4 is 39.3 Å². The number of aliphatic hydroxyl groups excluding tert-OH is 3. The molecular formula is C34H44BrClN4O6. The number of hydrogen-bond donors (Lipinski definition) is 3. The zero-order valence-corrected chi connectivity index (χ0v) is 29.5. The highest BCUT2D eigenvalue weighted by molar-refractivity contribution is 9.10. The monoisotopic (exact) mass is 718 g/mol. The Balaban J connectivity index is 0.000000459.